The number of rotatable bonds is 15. The Balaban J connectivity index is 0.000000273. The zero-order chi connectivity index (χ0) is 95.9. The summed E-state index contributed by atoms with van der Waals surface area (Å²) in [6, 6.07) is 64.8. The molecule has 0 unspecified atom stereocenters. The minimum Gasteiger partial charge on any atom is -0.657 e. The van der Waals surface area contributed by atoms with E-state index in [2.05, 4.69) is 208 Å². The van der Waals surface area contributed by atoms with Gasteiger partial charge < -0.3 is 40.2 Å². The van der Waals surface area contributed by atoms with Crippen LogP contribution in [-0.2, 0) is 161 Å². The van der Waals surface area contributed by atoms with Crippen LogP contribution in [0.1, 0.15) is 268 Å². The molecule has 2 aliphatic heterocycles. The number of aromatic nitrogens is 7. The van der Waals surface area contributed by atoms with Gasteiger partial charge in [-0.2, -0.15) is 0 Å². The van der Waals surface area contributed by atoms with Crippen molar-refractivity contribution in [1.29, 1.82) is 0 Å². The standard InChI is InChI=1S/C36H44N4.C36H48N2O2.C16H8F2N.2C11H7FN.C5H8O2.3Ir.2Pt/c1-9-21-22(10-2)30-18-32-25(13-5)26(14-6)34(39-32)20-36-28(16-8)27(15-7)35(40-36)19-33-24(12-4)23(11-3)31(38-33)17-29(21)37-30;1-33(2,3)25-17-23(31(39)27(19-25)35(7,8)9)21-37-29-15-13-14-16-30(29)38-22-24-18-26(34(4,5)6)20-28(32(24)40)36(10,11)12;17-16(18)12-6-2-1-5-11(12)15-14-10(8-9-19-15)4-3-7-13(14)16;2*12-10-6-4-9(5-7-10)11-3-1-2-8-13-11;1-4(6)3-5(2)7;;;;;/h17-20H,9-16H2,1-8H3;13-22,39-40H,1-12H3;1-4,6-9H;2*1-4,6-8H;3,6H,1-2H3;;;;;/q-2;;3*-1;;;;;;+2. The van der Waals surface area contributed by atoms with E-state index >= 15 is 0 Å². The van der Waals surface area contributed by atoms with Crippen LogP contribution in [0.3, 0.4) is 0 Å². The maximum Gasteiger partial charge on any atom is 2.00 e. The molecule has 137 heavy (non-hydrogen) atoms. The molecule has 3 aliphatic rings. The van der Waals surface area contributed by atoms with Gasteiger partial charge in [0.1, 0.15) is 11.5 Å². The van der Waals surface area contributed by atoms with E-state index in [9.17, 15) is 32.6 Å². The largest absolute Gasteiger partial charge is 2.00 e. The summed E-state index contributed by atoms with van der Waals surface area (Å²) < 4.78 is 54.3. The molecule has 7 aromatic carbocycles. The minimum atomic E-state index is -3.00. The number of allylic oxidation sites excluding steroid dienone is 6. The number of benzene rings is 7. The Labute approximate surface area is 876 Å². The van der Waals surface area contributed by atoms with E-state index in [1.807, 2.05) is 78.9 Å². The quantitative estimate of drug-likeness (QED) is 0.0290. The van der Waals surface area contributed by atoms with Crippen LogP contribution >= 0.6 is 0 Å². The van der Waals surface area contributed by atoms with Crippen LogP contribution in [0.4, 0.5) is 28.9 Å². The summed E-state index contributed by atoms with van der Waals surface area (Å²) in [5.74, 6) is -3.11. The Kier molecular flexibility index (Phi) is 42.9. The fourth-order valence-electron chi connectivity index (χ4n) is 16.6. The van der Waals surface area contributed by atoms with Crippen LogP contribution < -0.4 is 9.97 Å². The Hall–Kier alpha value is -9.96. The number of phenols is 2. The van der Waals surface area contributed by atoms with Crippen LogP contribution in [0.2, 0.25) is 0 Å². The Morgan fingerprint density at radius 1 is 0.438 bits per heavy atom. The van der Waals surface area contributed by atoms with Crippen molar-refractivity contribution in [2.24, 2.45) is 9.98 Å². The third-order valence-corrected chi connectivity index (χ3v) is 23.4. The third kappa shape index (κ3) is 28.2. The number of aliphatic hydroxyl groups excluding tert-OH is 1. The number of carbonyl (C=O) groups is 1. The molecule has 0 amide bonds. The maximum absolute atomic E-state index is 14.6. The predicted octanol–water partition coefficient (Wildman–Crippen LogP) is 29.6. The van der Waals surface area contributed by atoms with E-state index < -0.39 is 5.92 Å². The normalized spacial score (nSPS) is 12.5. The van der Waals surface area contributed by atoms with Gasteiger partial charge in [0.15, 0.2) is 5.78 Å². The van der Waals surface area contributed by atoms with Crippen LogP contribution in [0, 0.1) is 29.8 Å². The molecule has 6 aromatic heterocycles. The number of aromatic hydroxyl groups is 2. The van der Waals surface area contributed by atoms with E-state index in [-0.39, 0.29) is 170 Å². The van der Waals surface area contributed by atoms with E-state index in [1.54, 1.807) is 67.4 Å². The van der Waals surface area contributed by atoms with Crippen LogP contribution in [-0.4, -0.2) is 58.5 Å². The average Bonchev–Trinajstić information content (AvgIpc) is 1.66. The number of halogens is 4. The molecule has 16 rings (SSSR count). The van der Waals surface area contributed by atoms with E-state index in [0.29, 0.717) is 39.1 Å². The first-order valence-electron chi connectivity index (χ1n) is 45.6. The first kappa shape index (κ1) is 116. The number of para-hydroxylation sites is 2. The molecule has 1 aliphatic carbocycles. The molecule has 729 valence electrons. The van der Waals surface area contributed by atoms with Crippen molar-refractivity contribution in [3.8, 4) is 45.3 Å². The molecule has 13 aromatic rings. The number of aliphatic hydroxyl groups is 1. The second-order valence-corrected chi connectivity index (χ2v) is 37.0. The first-order chi connectivity index (χ1) is 62.7. The molecule has 0 atom stereocenters. The Bertz CT molecular complexity index is 6250. The summed E-state index contributed by atoms with van der Waals surface area (Å²) in [5.41, 5.74) is 29.6. The summed E-state index contributed by atoms with van der Waals surface area (Å²) in [6.07, 6.45) is 17.3. The summed E-state index contributed by atoms with van der Waals surface area (Å²) in [7, 11) is 0. The molecule has 22 heteroatoms. The number of hydrogen-bond donors (Lipinski definition) is 3. The van der Waals surface area contributed by atoms with Crippen molar-refractivity contribution in [2.45, 2.75) is 231 Å². The van der Waals surface area contributed by atoms with Gasteiger partial charge in [0.2, 0.25) is 0 Å². The molecule has 8 heterocycles. The number of nitrogens with zero attached hydrogens (tertiary/aromatic N) is 9. The smallest absolute Gasteiger partial charge is 0.657 e. The van der Waals surface area contributed by atoms with Gasteiger partial charge in [0.25, 0.3) is 5.92 Å². The monoisotopic (exact) mass is 2740 g/mol. The van der Waals surface area contributed by atoms with Crippen LogP contribution in [0.25, 0.3) is 88.9 Å². The summed E-state index contributed by atoms with van der Waals surface area (Å²) in [5, 5.41) is 32.0. The second kappa shape index (κ2) is 50.8. The van der Waals surface area contributed by atoms with Crippen molar-refractivity contribution in [3.05, 3.63) is 338 Å². The number of carbonyl (C=O) groups excluding carboxylic acids is 1. The first-order valence-corrected chi connectivity index (χ1v) is 45.6. The van der Waals surface area contributed by atoms with E-state index in [0.717, 1.165) is 146 Å². The zero-order valence-electron chi connectivity index (χ0n) is 81.9. The third-order valence-electron chi connectivity index (χ3n) is 23.4. The molecule has 0 saturated carbocycles. The molecular formula is C115H122F4Ir3N9O4Pt2-3. The van der Waals surface area contributed by atoms with Crippen molar-refractivity contribution in [2.75, 3.05) is 0 Å². The number of aryl methyl sites for hydroxylation is 4. The number of aliphatic imine (C=N–C) groups is 2. The van der Waals surface area contributed by atoms with Gasteiger partial charge in [0, 0.05) is 158 Å². The molecule has 0 spiro atoms. The number of fused-ring (bicyclic) bond motifs is 10. The second-order valence-electron chi connectivity index (χ2n) is 37.0. The maximum atomic E-state index is 14.6. The summed E-state index contributed by atoms with van der Waals surface area (Å²) in [4.78, 5) is 53.1. The van der Waals surface area contributed by atoms with Gasteiger partial charge in [-0.3, -0.25) is 23.6 Å². The fraction of sp³-hybridized carbons (Fsp3) is 0.304. The Morgan fingerprint density at radius 3 is 1.13 bits per heavy atom. The average molecular weight is 2740 g/mol. The van der Waals surface area contributed by atoms with Gasteiger partial charge in [-0.25, -0.2) is 18.7 Å². The molecule has 0 saturated heterocycles. The van der Waals surface area contributed by atoms with Gasteiger partial charge in [-0.05, 0) is 191 Å². The molecular weight excluding hydrogens is 2610 g/mol. The van der Waals surface area contributed by atoms with Gasteiger partial charge in [0.05, 0.1) is 39.9 Å². The zero-order valence-corrected chi connectivity index (χ0v) is 93.7. The number of hydrogen-bond acceptors (Lipinski definition) is 11. The van der Waals surface area contributed by atoms with E-state index in [1.165, 1.54) is 101 Å². The van der Waals surface area contributed by atoms with Crippen LogP contribution in [0.15, 0.2) is 228 Å². The predicted molar refractivity (Wildman–Crippen MR) is 536 cm³/mol. The van der Waals surface area contributed by atoms with Crippen molar-refractivity contribution < 1.29 is 140 Å². The molecule has 3 N–H and O–H groups in total. The molecule has 13 nitrogen and oxygen atoms in total. The minimum absolute atomic E-state index is 0. The van der Waals surface area contributed by atoms with E-state index in [4.69, 9.17) is 35.0 Å². The topological polar surface area (TPSA) is 195 Å². The SMILES string of the molecule is CC(=O)C=C(C)O.CC(C)(C)c1cc(C=Nc2ccccc2N=Cc2cc(C(C)(C)C)cc(C(C)(C)C)c2O)c(O)c(C(C)(C)C)c1.CCC1=C(CC)c2cc3[n-]c(cc4nc(cc5[n-]c(cc1n2)c(CC)c5CC)C(CC)=C4CC)c(CC)c3CC.FC1(F)c2ccc[c-]c2-c2nccc3cccc1c23.Fc1c[c-]c(-c2ccccn2)cc1.Fc1c[c-]c(-c2ccccn2)cc1.[Ir].[Ir].[Ir].[Pt+2].[Pt]. The number of pyridine rings is 3. The number of alkyl halides is 2. The summed E-state index contributed by atoms with van der Waals surface area (Å²) in [6.45, 7) is 46.5. The Morgan fingerprint density at radius 2 is 0.818 bits per heavy atom. The van der Waals surface area contributed by atoms with Gasteiger partial charge >= 0.3 is 21.1 Å². The molecule has 0 fully saturated rings. The fourth-order valence-corrected chi connectivity index (χ4v) is 16.6. The van der Waals surface area contributed by atoms with Crippen LogP contribution in [0.5, 0.6) is 11.5 Å². The van der Waals surface area contributed by atoms with Crippen molar-refractivity contribution in [3.63, 3.8) is 0 Å². The van der Waals surface area contributed by atoms with Crippen molar-refractivity contribution in [1.82, 2.24) is 34.9 Å². The number of ketones is 1. The number of phenolic OH excluding ortho intramolecular Hbond substituents is 2. The summed E-state index contributed by atoms with van der Waals surface area (Å²) >= 11 is 0. The molecule has 8 bridgehead atoms. The van der Waals surface area contributed by atoms with Crippen molar-refractivity contribution >= 4 is 84.7 Å². The van der Waals surface area contributed by atoms with Gasteiger partial charge in [-0.15, -0.1) is 112 Å². The molecule has 3 radical (unpaired) electrons. The van der Waals surface area contributed by atoms with Gasteiger partial charge in [-0.1, -0.05) is 257 Å².